The molecule has 1 unspecified atom stereocenters. The number of nitrogens with zero attached hydrogens (tertiary/aromatic N) is 2. The molecule has 0 saturated heterocycles. The maximum Gasteiger partial charge on any atom is 0.223 e. The lowest BCUT2D eigenvalue weighted by molar-refractivity contribution is 0.285. The number of nitrogens with one attached hydrogen (secondary N) is 1. The average molecular weight is 273 g/mol. The standard InChI is InChI=1S/C15H19N3O2/c1-10-17-15(18-20-10)9-19-12-6-7-13-11(8-12)4-3-5-14(13)16-2/h6-8,14,16H,3-5,9H2,1-2H3. The Morgan fingerprint density at radius 2 is 2.35 bits per heavy atom. The van der Waals surface area contributed by atoms with Crippen LogP contribution in [0.1, 0.15) is 41.7 Å². The topological polar surface area (TPSA) is 60.2 Å². The number of benzene rings is 1. The zero-order valence-electron chi connectivity index (χ0n) is 11.8. The smallest absolute Gasteiger partial charge is 0.223 e. The Bertz CT molecular complexity index is 595. The van der Waals surface area contributed by atoms with Crippen molar-refractivity contribution in [3.63, 3.8) is 0 Å². The Morgan fingerprint density at radius 3 is 3.10 bits per heavy atom. The number of aryl methyl sites for hydroxylation is 2. The highest BCUT2D eigenvalue weighted by molar-refractivity contribution is 5.39. The van der Waals surface area contributed by atoms with Gasteiger partial charge in [0, 0.05) is 13.0 Å². The molecule has 0 radical (unpaired) electrons. The van der Waals surface area contributed by atoms with Gasteiger partial charge in [0.05, 0.1) is 0 Å². The van der Waals surface area contributed by atoms with E-state index in [4.69, 9.17) is 9.26 Å². The molecule has 1 aromatic carbocycles. The zero-order chi connectivity index (χ0) is 13.9. The van der Waals surface area contributed by atoms with E-state index < -0.39 is 0 Å². The molecule has 3 rings (SSSR count). The number of hydrogen-bond donors (Lipinski definition) is 1. The molecule has 20 heavy (non-hydrogen) atoms. The van der Waals surface area contributed by atoms with Crippen LogP contribution in [0.3, 0.4) is 0 Å². The predicted octanol–water partition coefficient (Wildman–Crippen LogP) is 2.55. The van der Waals surface area contributed by atoms with Crippen LogP contribution in [-0.2, 0) is 13.0 Å². The lowest BCUT2D eigenvalue weighted by Crippen LogP contribution is -2.21. The lowest BCUT2D eigenvalue weighted by atomic mass is 9.87. The van der Waals surface area contributed by atoms with Crippen LogP contribution in [0.15, 0.2) is 22.7 Å². The fraction of sp³-hybridized carbons (Fsp3) is 0.467. The van der Waals surface area contributed by atoms with E-state index in [9.17, 15) is 0 Å². The molecule has 0 bridgehead atoms. The van der Waals surface area contributed by atoms with Crippen molar-refractivity contribution in [1.29, 1.82) is 0 Å². The molecule has 1 atom stereocenters. The Labute approximate surface area is 118 Å². The highest BCUT2D eigenvalue weighted by Crippen LogP contribution is 2.32. The minimum absolute atomic E-state index is 0.339. The molecule has 0 fully saturated rings. The Morgan fingerprint density at radius 1 is 1.45 bits per heavy atom. The molecule has 0 aliphatic heterocycles. The maximum absolute atomic E-state index is 5.73. The van der Waals surface area contributed by atoms with Gasteiger partial charge < -0.3 is 14.6 Å². The second-order valence-electron chi connectivity index (χ2n) is 5.11. The first-order chi connectivity index (χ1) is 9.76. The van der Waals surface area contributed by atoms with E-state index in [1.807, 2.05) is 13.1 Å². The second kappa shape index (κ2) is 5.63. The summed E-state index contributed by atoms with van der Waals surface area (Å²) in [7, 11) is 2.02. The van der Waals surface area contributed by atoms with E-state index in [-0.39, 0.29) is 0 Å². The largest absolute Gasteiger partial charge is 0.485 e. The summed E-state index contributed by atoms with van der Waals surface area (Å²) in [5, 5.41) is 7.19. The van der Waals surface area contributed by atoms with Crippen molar-refractivity contribution in [3.05, 3.63) is 41.0 Å². The van der Waals surface area contributed by atoms with Gasteiger partial charge in [-0.1, -0.05) is 11.2 Å². The third kappa shape index (κ3) is 2.67. The van der Waals surface area contributed by atoms with Gasteiger partial charge in [0.25, 0.3) is 0 Å². The first-order valence-electron chi connectivity index (χ1n) is 6.98. The Kier molecular flexibility index (Phi) is 3.69. The quantitative estimate of drug-likeness (QED) is 0.927. The molecule has 0 spiro atoms. The molecule has 1 N–H and O–H groups in total. The highest BCUT2D eigenvalue weighted by Gasteiger charge is 2.19. The minimum atomic E-state index is 0.339. The Hall–Kier alpha value is -1.88. The molecule has 5 heteroatoms. The van der Waals surface area contributed by atoms with Gasteiger partial charge in [0.1, 0.15) is 5.75 Å². The SMILES string of the molecule is CNC1CCCc2cc(OCc3noc(C)n3)ccc21. The molecule has 1 aromatic heterocycles. The second-order valence-corrected chi connectivity index (χ2v) is 5.11. The van der Waals surface area contributed by atoms with Crippen molar-refractivity contribution in [1.82, 2.24) is 15.5 Å². The van der Waals surface area contributed by atoms with Crippen LogP contribution in [-0.4, -0.2) is 17.2 Å². The molecule has 2 aromatic rings. The van der Waals surface area contributed by atoms with Crippen LogP contribution >= 0.6 is 0 Å². The van der Waals surface area contributed by atoms with Gasteiger partial charge in [-0.25, -0.2) is 0 Å². The lowest BCUT2D eigenvalue weighted by Gasteiger charge is -2.25. The van der Waals surface area contributed by atoms with E-state index in [1.165, 1.54) is 24.0 Å². The van der Waals surface area contributed by atoms with Gasteiger partial charge >= 0.3 is 0 Å². The molecule has 0 saturated carbocycles. The predicted molar refractivity (Wildman–Crippen MR) is 74.5 cm³/mol. The van der Waals surface area contributed by atoms with Crippen LogP contribution in [0.2, 0.25) is 0 Å². The first kappa shape index (κ1) is 13.1. The first-order valence-corrected chi connectivity index (χ1v) is 6.98. The van der Waals surface area contributed by atoms with E-state index in [2.05, 4.69) is 27.6 Å². The molecule has 0 amide bonds. The number of ether oxygens (including phenoxy) is 1. The summed E-state index contributed by atoms with van der Waals surface area (Å²) in [5.41, 5.74) is 2.76. The van der Waals surface area contributed by atoms with Gasteiger partial charge in [-0.3, -0.25) is 0 Å². The summed E-state index contributed by atoms with van der Waals surface area (Å²) in [6.07, 6.45) is 3.53. The summed E-state index contributed by atoms with van der Waals surface area (Å²) < 4.78 is 10.7. The molecular weight excluding hydrogens is 254 g/mol. The molecule has 1 aliphatic carbocycles. The van der Waals surface area contributed by atoms with Gasteiger partial charge in [0.15, 0.2) is 6.61 Å². The van der Waals surface area contributed by atoms with Crippen LogP contribution in [0.4, 0.5) is 0 Å². The Balaban J connectivity index is 1.72. The van der Waals surface area contributed by atoms with Crippen molar-refractivity contribution in [2.24, 2.45) is 0 Å². The average Bonchev–Trinajstić information content (AvgIpc) is 2.89. The van der Waals surface area contributed by atoms with E-state index in [1.54, 1.807) is 6.92 Å². The minimum Gasteiger partial charge on any atom is -0.485 e. The summed E-state index contributed by atoms with van der Waals surface area (Å²) in [6, 6.07) is 6.77. The monoisotopic (exact) mass is 273 g/mol. The van der Waals surface area contributed by atoms with E-state index in [0.29, 0.717) is 24.4 Å². The van der Waals surface area contributed by atoms with Crippen molar-refractivity contribution >= 4 is 0 Å². The summed E-state index contributed by atoms with van der Waals surface area (Å²) in [4.78, 5) is 4.13. The third-order valence-corrected chi connectivity index (χ3v) is 3.71. The molecule has 1 heterocycles. The normalized spacial score (nSPS) is 17.8. The summed E-state index contributed by atoms with van der Waals surface area (Å²) in [6.45, 7) is 2.11. The van der Waals surface area contributed by atoms with Gasteiger partial charge in [-0.05, 0) is 49.6 Å². The van der Waals surface area contributed by atoms with Crippen LogP contribution in [0.5, 0.6) is 5.75 Å². The van der Waals surface area contributed by atoms with Crippen LogP contribution in [0, 0.1) is 6.92 Å². The van der Waals surface area contributed by atoms with Crippen LogP contribution in [0.25, 0.3) is 0 Å². The zero-order valence-corrected chi connectivity index (χ0v) is 11.8. The van der Waals surface area contributed by atoms with Crippen molar-refractivity contribution in [2.75, 3.05) is 7.05 Å². The van der Waals surface area contributed by atoms with Crippen molar-refractivity contribution in [3.8, 4) is 5.75 Å². The third-order valence-electron chi connectivity index (χ3n) is 3.71. The maximum atomic E-state index is 5.73. The van der Waals surface area contributed by atoms with Gasteiger partial charge in [-0.2, -0.15) is 4.98 Å². The molecule has 106 valence electrons. The van der Waals surface area contributed by atoms with E-state index in [0.717, 1.165) is 12.2 Å². The number of fused-ring (bicyclic) bond motifs is 1. The van der Waals surface area contributed by atoms with Gasteiger partial charge in [-0.15, -0.1) is 0 Å². The van der Waals surface area contributed by atoms with Crippen LogP contribution < -0.4 is 10.1 Å². The molecule has 1 aliphatic rings. The fourth-order valence-electron chi connectivity index (χ4n) is 2.73. The van der Waals surface area contributed by atoms with Gasteiger partial charge in [0.2, 0.25) is 11.7 Å². The highest BCUT2D eigenvalue weighted by atomic mass is 16.5. The van der Waals surface area contributed by atoms with E-state index >= 15 is 0 Å². The molecular formula is C15H19N3O2. The number of rotatable bonds is 4. The number of hydrogen-bond acceptors (Lipinski definition) is 5. The molecule has 5 nitrogen and oxygen atoms in total. The van der Waals surface area contributed by atoms with Crippen molar-refractivity contribution < 1.29 is 9.26 Å². The number of aromatic nitrogens is 2. The summed E-state index contributed by atoms with van der Waals surface area (Å²) in [5.74, 6) is 2.00. The van der Waals surface area contributed by atoms with Crippen molar-refractivity contribution in [2.45, 2.75) is 38.8 Å². The summed E-state index contributed by atoms with van der Waals surface area (Å²) >= 11 is 0. The fourth-order valence-corrected chi connectivity index (χ4v) is 2.73.